The minimum absolute atomic E-state index is 0. The third-order valence-electron chi connectivity index (χ3n) is 4.39. The lowest BCUT2D eigenvalue weighted by molar-refractivity contribution is -0.125. The minimum atomic E-state index is -0.0657. The molecule has 0 bridgehead atoms. The first kappa shape index (κ1) is 20.4. The van der Waals surface area contributed by atoms with Crippen molar-refractivity contribution >= 4 is 24.1 Å². The predicted molar refractivity (Wildman–Crippen MR) is 99.4 cm³/mol. The third-order valence-corrected chi connectivity index (χ3v) is 4.39. The molecular formula is C17H28ClN5O. The van der Waals surface area contributed by atoms with Crippen LogP contribution in [0.3, 0.4) is 0 Å². The molecule has 0 unspecified atom stereocenters. The summed E-state index contributed by atoms with van der Waals surface area (Å²) in [5.74, 6) is 0.121. The van der Waals surface area contributed by atoms with Gasteiger partial charge in [-0.3, -0.25) is 15.1 Å². The third kappa shape index (κ3) is 5.47. The van der Waals surface area contributed by atoms with E-state index in [1.54, 1.807) is 12.1 Å². The molecule has 1 aromatic rings. The van der Waals surface area contributed by atoms with E-state index in [-0.39, 0.29) is 36.2 Å². The highest BCUT2D eigenvalue weighted by atomic mass is 35.5. The van der Waals surface area contributed by atoms with Crippen LogP contribution in [-0.2, 0) is 11.3 Å². The zero-order valence-electron chi connectivity index (χ0n) is 14.1. The number of amidine groups is 1. The molecule has 0 spiro atoms. The molecule has 1 saturated heterocycles. The highest BCUT2D eigenvalue weighted by Crippen LogP contribution is 2.18. The van der Waals surface area contributed by atoms with Crippen molar-refractivity contribution in [3.05, 3.63) is 35.4 Å². The molecule has 0 aromatic heterocycles. The second kappa shape index (κ2) is 9.61. The van der Waals surface area contributed by atoms with Gasteiger partial charge in [0.15, 0.2) is 0 Å². The molecule has 0 aliphatic carbocycles. The maximum atomic E-state index is 12.4. The summed E-state index contributed by atoms with van der Waals surface area (Å²) in [5.41, 5.74) is 13.1. The highest BCUT2D eigenvalue weighted by molar-refractivity contribution is 5.94. The molecular weight excluding hydrogens is 326 g/mol. The number of benzene rings is 1. The number of hydrogen-bond donors (Lipinski definition) is 4. The monoisotopic (exact) mass is 353 g/mol. The molecule has 6 N–H and O–H groups in total. The van der Waals surface area contributed by atoms with Crippen molar-refractivity contribution in [3.63, 3.8) is 0 Å². The van der Waals surface area contributed by atoms with E-state index >= 15 is 0 Å². The fourth-order valence-corrected chi connectivity index (χ4v) is 2.88. The summed E-state index contributed by atoms with van der Waals surface area (Å²) in [6.07, 6.45) is 2.86. The van der Waals surface area contributed by atoms with Crippen molar-refractivity contribution in [2.45, 2.75) is 44.8 Å². The average molecular weight is 354 g/mol. The van der Waals surface area contributed by atoms with Gasteiger partial charge in [-0.25, -0.2) is 0 Å². The summed E-state index contributed by atoms with van der Waals surface area (Å²) in [6.45, 7) is 4.28. The average Bonchev–Trinajstić information content (AvgIpc) is 3.01. The van der Waals surface area contributed by atoms with E-state index in [0.29, 0.717) is 12.1 Å². The van der Waals surface area contributed by atoms with E-state index in [9.17, 15) is 4.79 Å². The first-order chi connectivity index (χ1) is 11.0. The molecule has 1 aromatic carbocycles. The molecule has 1 aliphatic rings. The van der Waals surface area contributed by atoms with Gasteiger partial charge in [-0.1, -0.05) is 31.2 Å². The number of carbonyl (C=O) groups excluding carboxylic acids is 1. The van der Waals surface area contributed by atoms with Gasteiger partial charge in [-0.05, 0) is 31.4 Å². The molecule has 1 heterocycles. The van der Waals surface area contributed by atoms with Crippen LogP contribution < -0.4 is 16.8 Å². The van der Waals surface area contributed by atoms with Gasteiger partial charge in [0.2, 0.25) is 5.91 Å². The number of rotatable bonds is 7. The number of nitrogens with one attached hydrogen (secondary N) is 2. The summed E-state index contributed by atoms with van der Waals surface area (Å²) in [4.78, 5) is 14.6. The number of amides is 1. The van der Waals surface area contributed by atoms with Crippen molar-refractivity contribution in [3.8, 4) is 0 Å². The summed E-state index contributed by atoms with van der Waals surface area (Å²) in [5, 5.41) is 10.4. The number of carbonyl (C=O) groups is 1. The normalized spacial score (nSPS) is 18.7. The van der Waals surface area contributed by atoms with Crippen LogP contribution in [0.1, 0.15) is 37.3 Å². The fourth-order valence-electron chi connectivity index (χ4n) is 2.88. The van der Waals surface area contributed by atoms with Crippen LogP contribution >= 0.6 is 12.4 Å². The predicted octanol–water partition coefficient (Wildman–Crippen LogP) is 1.21. The molecule has 1 amide bonds. The number of nitrogens with zero attached hydrogens (tertiary/aromatic N) is 1. The van der Waals surface area contributed by atoms with E-state index in [4.69, 9.17) is 16.9 Å². The Morgan fingerprint density at radius 1 is 1.42 bits per heavy atom. The molecule has 7 heteroatoms. The summed E-state index contributed by atoms with van der Waals surface area (Å²) >= 11 is 0. The Balaban J connectivity index is 0.00000288. The van der Waals surface area contributed by atoms with Crippen LogP contribution in [0, 0.1) is 5.41 Å². The number of likely N-dealkylation sites (tertiary alicyclic amines) is 1. The number of nitrogens with two attached hydrogens (primary N) is 2. The van der Waals surface area contributed by atoms with Gasteiger partial charge in [0, 0.05) is 24.7 Å². The van der Waals surface area contributed by atoms with Gasteiger partial charge < -0.3 is 16.8 Å². The Morgan fingerprint density at radius 2 is 2.08 bits per heavy atom. The Kier molecular flexibility index (Phi) is 8.18. The van der Waals surface area contributed by atoms with E-state index in [0.717, 1.165) is 37.9 Å². The topological polar surface area (TPSA) is 108 Å². The van der Waals surface area contributed by atoms with Crippen LogP contribution in [0.2, 0.25) is 0 Å². The van der Waals surface area contributed by atoms with Crippen LogP contribution in [0.25, 0.3) is 0 Å². The van der Waals surface area contributed by atoms with E-state index < -0.39 is 0 Å². The van der Waals surface area contributed by atoms with Crippen molar-refractivity contribution in [1.29, 1.82) is 5.41 Å². The number of hydrogen-bond acceptors (Lipinski definition) is 4. The Bertz CT molecular complexity index is 548. The maximum absolute atomic E-state index is 12.4. The fraction of sp³-hybridized carbons (Fsp3) is 0.529. The van der Waals surface area contributed by atoms with Crippen LogP contribution in [0.4, 0.5) is 0 Å². The number of nitrogen functional groups attached to an aromatic ring is 1. The largest absolute Gasteiger partial charge is 0.384 e. The minimum Gasteiger partial charge on any atom is -0.384 e. The molecule has 0 saturated carbocycles. The van der Waals surface area contributed by atoms with Crippen molar-refractivity contribution < 1.29 is 4.79 Å². The summed E-state index contributed by atoms with van der Waals surface area (Å²) < 4.78 is 0. The van der Waals surface area contributed by atoms with Crippen molar-refractivity contribution in [2.75, 3.05) is 13.1 Å². The zero-order valence-corrected chi connectivity index (χ0v) is 14.9. The smallest absolute Gasteiger partial charge is 0.237 e. The highest BCUT2D eigenvalue weighted by Gasteiger charge is 2.30. The second-order valence-corrected chi connectivity index (χ2v) is 6.15. The number of halogens is 1. The molecule has 1 aliphatic heterocycles. The zero-order chi connectivity index (χ0) is 16.8. The van der Waals surface area contributed by atoms with Crippen LogP contribution in [-0.4, -0.2) is 41.8 Å². The summed E-state index contributed by atoms with van der Waals surface area (Å²) in [7, 11) is 0. The second-order valence-electron chi connectivity index (χ2n) is 6.15. The van der Waals surface area contributed by atoms with Gasteiger partial charge in [-0.15, -0.1) is 12.4 Å². The lowest BCUT2D eigenvalue weighted by Gasteiger charge is -2.26. The molecule has 134 valence electrons. The van der Waals surface area contributed by atoms with Gasteiger partial charge in [0.25, 0.3) is 0 Å². The molecule has 2 rings (SSSR count). The summed E-state index contributed by atoms with van der Waals surface area (Å²) in [6, 6.07) is 7.43. The Morgan fingerprint density at radius 3 is 2.67 bits per heavy atom. The van der Waals surface area contributed by atoms with Gasteiger partial charge in [0.1, 0.15) is 5.84 Å². The molecule has 6 nitrogen and oxygen atoms in total. The van der Waals surface area contributed by atoms with Gasteiger partial charge in [0.05, 0.1) is 6.04 Å². The van der Waals surface area contributed by atoms with Gasteiger partial charge >= 0.3 is 0 Å². The first-order valence-corrected chi connectivity index (χ1v) is 8.22. The van der Waals surface area contributed by atoms with E-state index in [2.05, 4.69) is 17.1 Å². The van der Waals surface area contributed by atoms with Crippen LogP contribution in [0.15, 0.2) is 24.3 Å². The SMILES string of the molecule is CC[C@@H](N)CN1CCC[C@H]1C(=O)NCc1ccc(C(=N)N)cc1.Cl. The van der Waals surface area contributed by atoms with Gasteiger partial charge in [-0.2, -0.15) is 0 Å². The molecule has 2 atom stereocenters. The lowest BCUT2D eigenvalue weighted by Crippen LogP contribution is -2.47. The van der Waals surface area contributed by atoms with Crippen molar-refractivity contribution in [2.24, 2.45) is 11.5 Å². The van der Waals surface area contributed by atoms with E-state index in [1.165, 1.54) is 0 Å². The molecule has 1 fully saturated rings. The standard InChI is InChI=1S/C17H27N5O.ClH/c1-2-14(18)11-22-9-3-4-15(22)17(23)21-10-12-5-7-13(8-6-12)16(19)20;/h5-8,14-15H,2-4,9-11,18H2,1H3,(H3,19,20)(H,21,23);1H/t14-,15+;/m1./s1. The lowest BCUT2D eigenvalue weighted by atomic mass is 10.1. The van der Waals surface area contributed by atoms with Crippen molar-refractivity contribution in [1.82, 2.24) is 10.2 Å². The first-order valence-electron chi connectivity index (χ1n) is 8.22. The Hall–Kier alpha value is -1.63. The van der Waals surface area contributed by atoms with Crippen LogP contribution in [0.5, 0.6) is 0 Å². The quantitative estimate of drug-likeness (QED) is 0.436. The maximum Gasteiger partial charge on any atom is 0.237 e. The molecule has 24 heavy (non-hydrogen) atoms. The Labute approximate surface area is 149 Å². The van der Waals surface area contributed by atoms with E-state index in [1.807, 2.05) is 12.1 Å². The molecule has 0 radical (unpaired) electrons.